The molecule has 4 rings (SSSR count). The van der Waals surface area contributed by atoms with Crippen molar-refractivity contribution in [3.8, 4) is 23.7 Å². The minimum atomic E-state index is 0. The topological polar surface area (TPSA) is 21.7 Å². The van der Waals surface area contributed by atoms with Gasteiger partial charge in [0.2, 0.25) is 0 Å². The van der Waals surface area contributed by atoms with E-state index in [-0.39, 0.29) is 12.4 Å². The molecule has 2 aliphatic heterocycles. The SMILES string of the molecule is Clc1ccccc1C[N+]1(CC#Cc2ccc(C#CCN3CCOCC3)cc2)CCOCC1.[Cl-]. The molecule has 2 fully saturated rings. The molecule has 0 aliphatic carbocycles. The van der Waals surface area contributed by atoms with Crippen molar-refractivity contribution in [3.63, 3.8) is 0 Å². The summed E-state index contributed by atoms with van der Waals surface area (Å²) in [6.07, 6.45) is 0. The molecule has 2 aliphatic rings. The second-order valence-corrected chi connectivity index (χ2v) is 8.79. The normalized spacial score (nSPS) is 17.6. The van der Waals surface area contributed by atoms with Crippen molar-refractivity contribution in [3.05, 3.63) is 70.2 Å². The van der Waals surface area contributed by atoms with Gasteiger partial charge in [-0.05, 0) is 36.3 Å². The number of benzene rings is 2. The summed E-state index contributed by atoms with van der Waals surface area (Å²) in [4.78, 5) is 2.32. The zero-order valence-electron chi connectivity index (χ0n) is 18.9. The molecule has 2 heterocycles. The van der Waals surface area contributed by atoms with Gasteiger partial charge in [0.15, 0.2) is 0 Å². The van der Waals surface area contributed by atoms with Crippen molar-refractivity contribution in [1.29, 1.82) is 0 Å². The molecule has 0 bridgehead atoms. The Kier molecular flexibility index (Phi) is 10.1. The first-order valence-corrected chi connectivity index (χ1v) is 11.6. The van der Waals surface area contributed by atoms with Crippen LogP contribution in [0, 0.1) is 23.7 Å². The highest BCUT2D eigenvalue weighted by atomic mass is 35.5. The first-order chi connectivity index (χ1) is 15.7. The van der Waals surface area contributed by atoms with Gasteiger partial charge >= 0.3 is 0 Å². The summed E-state index contributed by atoms with van der Waals surface area (Å²) in [6.45, 7) is 9.45. The van der Waals surface area contributed by atoms with E-state index in [1.54, 1.807) is 0 Å². The quantitative estimate of drug-likeness (QED) is 0.463. The standard InChI is InChI=1S/C27H30ClN2O2.ClH/c28-27-8-2-1-7-26(27)23-30(17-21-32-22-18-30)16-4-6-25-11-9-24(10-12-25)5-3-13-29-14-19-31-20-15-29;/h1-2,7-12H,13-23H2;1H/q+1;/p-1. The van der Waals surface area contributed by atoms with Gasteiger partial charge in [-0.25, -0.2) is 0 Å². The minimum absolute atomic E-state index is 0. The predicted octanol–water partition coefficient (Wildman–Crippen LogP) is 0.426. The molecule has 4 nitrogen and oxygen atoms in total. The van der Waals surface area contributed by atoms with Crippen LogP contribution in [0.5, 0.6) is 0 Å². The lowest BCUT2D eigenvalue weighted by atomic mass is 10.1. The number of quaternary nitrogens is 1. The molecule has 0 spiro atoms. The zero-order chi connectivity index (χ0) is 22.1. The van der Waals surface area contributed by atoms with Crippen molar-refractivity contribution >= 4 is 11.6 Å². The summed E-state index contributed by atoms with van der Waals surface area (Å²) in [5.74, 6) is 13.3. The molecule has 0 atom stereocenters. The van der Waals surface area contributed by atoms with Gasteiger partial charge in [-0.15, -0.1) is 0 Å². The van der Waals surface area contributed by atoms with Crippen molar-refractivity contribution in [2.24, 2.45) is 0 Å². The number of halogens is 2. The molecule has 174 valence electrons. The molecular weight excluding hydrogens is 455 g/mol. The van der Waals surface area contributed by atoms with Crippen LogP contribution in [-0.2, 0) is 16.0 Å². The van der Waals surface area contributed by atoms with Crippen LogP contribution in [0.2, 0.25) is 5.02 Å². The van der Waals surface area contributed by atoms with Gasteiger partial charge in [0.1, 0.15) is 26.2 Å². The minimum Gasteiger partial charge on any atom is -1.00 e. The lowest BCUT2D eigenvalue weighted by Crippen LogP contribution is -3.00. The third kappa shape index (κ3) is 7.76. The van der Waals surface area contributed by atoms with E-state index in [4.69, 9.17) is 21.1 Å². The smallest absolute Gasteiger partial charge is 0.141 e. The average molecular weight is 485 g/mol. The van der Waals surface area contributed by atoms with Gasteiger partial charge in [-0.3, -0.25) is 4.90 Å². The average Bonchev–Trinajstić information content (AvgIpc) is 2.83. The van der Waals surface area contributed by atoms with E-state index in [9.17, 15) is 0 Å². The van der Waals surface area contributed by atoms with Crippen LogP contribution in [0.4, 0.5) is 0 Å². The van der Waals surface area contributed by atoms with Crippen LogP contribution in [-0.4, -0.2) is 75.1 Å². The molecule has 0 aromatic heterocycles. The summed E-state index contributed by atoms with van der Waals surface area (Å²) in [5, 5.41) is 0.828. The Labute approximate surface area is 208 Å². The Morgan fingerprint density at radius 3 is 2.09 bits per heavy atom. The number of rotatable bonds is 4. The van der Waals surface area contributed by atoms with E-state index >= 15 is 0 Å². The maximum absolute atomic E-state index is 6.43. The Bertz CT molecular complexity index is 1010. The summed E-state index contributed by atoms with van der Waals surface area (Å²) >= 11 is 6.43. The van der Waals surface area contributed by atoms with Crippen LogP contribution in [0.3, 0.4) is 0 Å². The molecule has 0 unspecified atom stereocenters. The Morgan fingerprint density at radius 1 is 0.818 bits per heavy atom. The Morgan fingerprint density at radius 2 is 1.42 bits per heavy atom. The number of hydrogen-bond donors (Lipinski definition) is 0. The fourth-order valence-corrected chi connectivity index (χ4v) is 4.24. The molecule has 0 N–H and O–H groups in total. The van der Waals surface area contributed by atoms with Gasteiger partial charge in [-0.2, -0.15) is 0 Å². The van der Waals surface area contributed by atoms with Gasteiger partial charge in [0.25, 0.3) is 0 Å². The van der Waals surface area contributed by atoms with Crippen molar-refractivity contribution in [2.75, 3.05) is 65.7 Å². The lowest BCUT2D eigenvalue weighted by Gasteiger charge is -2.40. The van der Waals surface area contributed by atoms with Crippen LogP contribution in [0.15, 0.2) is 48.5 Å². The molecular formula is C27H30Cl2N2O2. The second-order valence-electron chi connectivity index (χ2n) is 8.38. The van der Waals surface area contributed by atoms with E-state index in [0.717, 1.165) is 92.9 Å². The van der Waals surface area contributed by atoms with E-state index in [2.05, 4.69) is 65.0 Å². The van der Waals surface area contributed by atoms with E-state index < -0.39 is 0 Å². The van der Waals surface area contributed by atoms with E-state index in [1.807, 2.05) is 12.1 Å². The van der Waals surface area contributed by atoms with E-state index in [0.29, 0.717) is 0 Å². The second kappa shape index (κ2) is 13.0. The van der Waals surface area contributed by atoms with Crippen LogP contribution in [0.25, 0.3) is 0 Å². The third-order valence-corrected chi connectivity index (χ3v) is 6.42. The molecule has 0 radical (unpaired) electrons. The van der Waals surface area contributed by atoms with Crippen molar-refractivity contribution in [1.82, 2.24) is 4.90 Å². The summed E-state index contributed by atoms with van der Waals surface area (Å²) in [6, 6.07) is 16.3. The third-order valence-electron chi connectivity index (χ3n) is 6.05. The highest BCUT2D eigenvalue weighted by molar-refractivity contribution is 6.31. The molecule has 0 amide bonds. The highest BCUT2D eigenvalue weighted by Gasteiger charge is 2.30. The number of nitrogens with zero attached hydrogens (tertiary/aromatic N) is 2. The molecule has 33 heavy (non-hydrogen) atoms. The molecule has 2 saturated heterocycles. The molecule has 6 heteroatoms. The van der Waals surface area contributed by atoms with E-state index in [1.165, 1.54) is 5.56 Å². The maximum Gasteiger partial charge on any atom is 0.141 e. The first-order valence-electron chi connectivity index (χ1n) is 11.3. The molecule has 2 aromatic carbocycles. The Hall–Kier alpha value is -2.02. The van der Waals surface area contributed by atoms with Gasteiger partial charge in [0.05, 0.1) is 33.0 Å². The zero-order valence-corrected chi connectivity index (χ0v) is 20.4. The number of hydrogen-bond acceptors (Lipinski definition) is 3. The number of morpholine rings is 2. The van der Waals surface area contributed by atoms with Gasteiger partial charge in [0, 0.05) is 34.8 Å². The van der Waals surface area contributed by atoms with Crippen LogP contribution in [0.1, 0.15) is 16.7 Å². The maximum atomic E-state index is 6.43. The van der Waals surface area contributed by atoms with Gasteiger partial charge in [-0.1, -0.05) is 47.6 Å². The summed E-state index contributed by atoms with van der Waals surface area (Å²) in [7, 11) is 0. The predicted molar refractivity (Wildman–Crippen MR) is 128 cm³/mol. The molecule has 0 saturated carbocycles. The lowest BCUT2D eigenvalue weighted by molar-refractivity contribution is -0.941. The summed E-state index contributed by atoms with van der Waals surface area (Å²) < 4.78 is 11.9. The van der Waals surface area contributed by atoms with Gasteiger partial charge < -0.3 is 26.4 Å². The largest absolute Gasteiger partial charge is 1.00 e. The monoisotopic (exact) mass is 484 g/mol. The highest BCUT2D eigenvalue weighted by Crippen LogP contribution is 2.22. The van der Waals surface area contributed by atoms with Crippen molar-refractivity contribution < 1.29 is 26.4 Å². The fourth-order valence-electron chi connectivity index (χ4n) is 4.05. The number of ether oxygens (including phenoxy) is 2. The fraction of sp³-hybridized carbons (Fsp3) is 0.407. The van der Waals surface area contributed by atoms with Crippen LogP contribution < -0.4 is 12.4 Å². The first kappa shape index (κ1) is 25.6. The Balaban J connectivity index is 0.00000306. The molecule has 2 aromatic rings. The van der Waals surface area contributed by atoms with Crippen LogP contribution >= 0.6 is 11.6 Å². The van der Waals surface area contributed by atoms with Crippen molar-refractivity contribution in [2.45, 2.75) is 6.54 Å². The summed E-state index contributed by atoms with van der Waals surface area (Å²) in [5.41, 5.74) is 3.23.